The fourth-order valence-corrected chi connectivity index (χ4v) is 5.24. The number of fused-ring (bicyclic) bond motifs is 2. The number of nitrogens with zero attached hydrogens (tertiary/aromatic N) is 2. The van der Waals surface area contributed by atoms with E-state index in [0.717, 1.165) is 37.2 Å². The number of hydrogen-bond donors (Lipinski definition) is 4. The van der Waals surface area contributed by atoms with Crippen LogP contribution in [0.3, 0.4) is 0 Å². The van der Waals surface area contributed by atoms with Crippen LogP contribution >= 0.6 is 0 Å². The zero-order valence-electron chi connectivity index (χ0n) is 20.8. The lowest BCUT2D eigenvalue weighted by Gasteiger charge is -2.30. The molecule has 8 heteroatoms. The van der Waals surface area contributed by atoms with Crippen LogP contribution in [0, 0.1) is 0 Å². The summed E-state index contributed by atoms with van der Waals surface area (Å²) in [6, 6.07) is 20.9. The number of carbonyl (C=O) groups excluding carboxylic acids is 2. The number of amides is 2. The maximum Gasteiger partial charge on any atom is 0.267 e. The number of hydroxylamine groups is 1. The van der Waals surface area contributed by atoms with Crippen molar-refractivity contribution in [3.05, 3.63) is 101 Å². The number of aryl methyl sites for hydroxylation is 1. The van der Waals surface area contributed by atoms with Crippen LogP contribution in [-0.2, 0) is 24.3 Å². The fourth-order valence-electron chi connectivity index (χ4n) is 5.24. The van der Waals surface area contributed by atoms with Gasteiger partial charge in [-0.3, -0.25) is 19.7 Å². The summed E-state index contributed by atoms with van der Waals surface area (Å²) in [5, 5.41) is 12.6. The topological polar surface area (TPSA) is 102 Å². The Morgan fingerprint density at radius 2 is 2.03 bits per heavy atom. The molecule has 0 saturated heterocycles. The molecule has 5 rings (SSSR count). The van der Waals surface area contributed by atoms with Crippen molar-refractivity contribution < 1.29 is 14.8 Å². The smallest absolute Gasteiger partial charge is 0.267 e. The van der Waals surface area contributed by atoms with Gasteiger partial charge in [0, 0.05) is 56.2 Å². The van der Waals surface area contributed by atoms with Crippen LogP contribution in [0.1, 0.15) is 45.3 Å². The number of rotatable bonds is 9. The largest absolute Gasteiger partial charge is 0.354 e. The molecular weight excluding hydrogens is 466 g/mol. The van der Waals surface area contributed by atoms with E-state index in [2.05, 4.69) is 68.4 Å². The van der Waals surface area contributed by atoms with E-state index in [0.29, 0.717) is 12.2 Å². The molecule has 0 bridgehead atoms. The van der Waals surface area contributed by atoms with E-state index in [1.54, 1.807) is 18.6 Å². The second kappa shape index (κ2) is 10.9. The summed E-state index contributed by atoms with van der Waals surface area (Å²) in [4.78, 5) is 29.2. The van der Waals surface area contributed by atoms with Crippen LogP contribution in [0.5, 0.6) is 0 Å². The number of carbonyl (C=O) groups is 2. The predicted molar refractivity (Wildman–Crippen MR) is 143 cm³/mol. The molecule has 0 fully saturated rings. The van der Waals surface area contributed by atoms with E-state index in [-0.39, 0.29) is 11.9 Å². The van der Waals surface area contributed by atoms with Gasteiger partial charge in [-0.05, 0) is 65.3 Å². The van der Waals surface area contributed by atoms with Gasteiger partial charge in [-0.1, -0.05) is 36.4 Å². The van der Waals surface area contributed by atoms with Crippen molar-refractivity contribution in [1.82, 2.24) is 25.2 Å². The molecule has 0 radical (unpaired) electrons. The first-order chi connectivity index (χ1) is 18.1. The number of aromatic amines is 1. The lowest BCUT2D eigenvalue weighted by molar-refractivity contribution is -0.124. The van der Waals surface area contributed by atoms with Gasteiger partial charge in [-0.25, -0.2) is 5.48 Å². The summed E-state index contributed by atoms with van der Waals surface area (Å²) < 4.78 is 2.29. The molecule has 2 heterocycles. The minimum Gasteiger partial charge on any atom is -0.354 e. The highest BCUT2D eigenvalue weighted by Crippen LogP contribution is 2.37. The highest BCUT2D eigenvalue weighted by atomic mass is 16.5. The van der Waals surface area contributed by atoms with Gasteiger partial charge in [-0.2, -0.15) is 0 Å². The number of aromatic nitrogens is 2. The summed E-state index contributed by atoms with van der Waals surface area (Å²) in [5.41, 5.74) is 7.88. The van der Waals surface area contributed by atoms with E-state index in [1.165, 1.54) is 28.1 Å². The Hall–Kier alpha value is -4.14. The molecule has 4 N–H and O–H groups in total. The molecule has 1 aliphatic carbocycles. The van der Waals surface area contributed by atoms with Gasteiger partial charge in [0.2, 0.25) is 0 Å². The van der Waals surface area contributed by atoms with Crippen LogP contribution in [0.4, 0.5) is 0 Å². The van der Waals surface area contributed by atoms with Gasteiger partial charge < -0.3 is 14.9 Å². The van der Waals surface area contributed by atoms with Crippen molar-refractivity contribution >= 4 is 28.8 Å². The van der Waals surface area contributed by atoms with Crippen LogP contribution in [0.2, 0.25) is 0 Å². The van der Waals surface area contributed by atoms with Crippen LogP contribution in [-0.4, -0.2) is 45.1 Å². The Morgan fingerprint density at radius 1 is 1.16 bits per heavy atom. The Bertz CT molecular complexity index is 1450. The van der Waals surface area contributed by atoms with Gasteiger partial charge in [0.25, 0.3) is 11.8 Å². The standard InChI is InChI=1S/C29H31N5O3/c1-30-29(36)25-11-9-23(31-25)19-34(17-16-33-15-14-21-4-2-3-5-26(21)33)27-12-8-22-18-20(6-10-24(22)27)7-13-28(35)32-37/h2-7,9-11,13-15,18,27,31,37H,8,12,16-17,19H2,1H3,(H,30,36)(H,32,35). The van der Waals surface area contributed by atoms with Crippen molar-refractivity contribution in [1.29, 1.82) is 0 Å². The summed E-state index contributed by atoms with van der Waals surface area (Å²) >= 11 is 0. The third kappa shape index (κ3) is 5.35. The molecule has 2 amide bonds. The van der Waals surface area contributed by atoms with E-state index in [4.69, 9.17) is 5.21 Å². The fraction of sp³-hybridized carbons (Fsp3) is 0.241. The van der Waals surface area contributed by atoms with Crippen LogP contribution in [0.25, 0.3) is 17.0 Å². The Labute approximate surface area is 215 Å². The molecule has 1 unspecified atom stereocenters. The van der Waals surface area contributed by atoms with Gasteiger partial charge >= 0.3 is 0 Å². The molecule has 8 nitrogen and oxygen atoms in total. The number of benzene rings is 2. The Kier molecular flexibility index (Phi) is 7.20. The molecule has 2 aromatic carbocycles. The highest BCUT2D eigenvalue weighted by Gasteiger charge is 2.28. The second-order valence-corrected chi connectivity index (χ2v) is 9.34. The summed E-state index contributed by atoms with van der Waals surface area (Å²) in [7, 11) is 1.63. The monoisotopic (exact) mass is 497 g/mol. The normalized spacial score (nSPS) is 14.9. The van der Waals surface area contributed by atoms with Crippen molar-refractivity contribution in [2.45, 2.75) is 32.0 Å². The summed E-state index contributed by atoms with van der Waals surface area (Å²) in [6.07, 6.45) is 7.11. The van der Waals surface area contributed by atoms with Gasteiger partial charge in [0.05, 0.1) is 0 Å². The molecule has 1 aliphatic rings. The molecule has 1 atom stereocenters. The summed E-state index contributed by atoms with van der Waals surface area (Å²) in [5.74, 6) is -0.678. The van der Waals surface area contributed by atoms with Gasteiger partial charge in [-0.15, -0.1) is 0 Å². The first-order valence-electron chi connectivity index (χ1n) is 12.5. The van der Waals surface area contributed by atoms with E-state index in [9.17, 15) is 9.59 Å². The molecule has 0 aliphatic heterocycles. The Morgan fingerprint density at radius 3 is 2.86 bits per heavy atom. The molecule has 190 valence electrons. The quantitative estimate of drug-likeness (QED) is 0.159. The van der Waals surface area contributed by atoms with Crippen molar-refractivity contribution in [2.75, 3.05) is 13.6 Å². The SMILES string of the molecule is CNC(=O)c1ccc(CN(CCn2ccc3ccccc32)C2CCc3cc(C=CC(=O)NO)ccc32)[nH]1. The van der Waals surface area contributed by atoms with E-state index in [1.807, 2.05) is 18.2 Å². The number of H-pyrrole nitrogens is 1. The van der Waals surface area contributed by atoms with Crippen LogP contribution in [0.15, 0.2) is 72.9 Å². The van der Waals surface area contributed by atoms with E-state index < -0.39 is 5.91 Å². The zero-order valence-corrected chi connectivity index (χ0v) is 20.8. The highest BCUT2D eigenvalue weighted by molar-refractivity contribution is 5.92. The zero-order chi connectivity index (χ0) is 25.8. The second-order valence-electron chi connectivity index (χ2n) is 9.34. The van der Waals surface area contributed by atoms with Crippen molar-refractivity contribution in [2.24, 2.45) is 0 Å². The maximum atomic E-state index is 12.1. The predicted octanol–water partition coefficient (Wildman–Crippen LogP) is 4.04. The molecule has 2 aromatic heterocycles. The minimum absolute atomic E-state index is 0.127. The molecule has 37 heavy (non-hydrogen) atoms. The molecule has 0 spiro atoms. The maximum absolute atomic E-state index is 12.1. The number of nitrogens with one attached hydrogen (secondary N) is 3. The van der Waals surface area contributed by atoms with Gasteiger partial charge in [0.1, 0.15) is 5.69 Å². The number of hydrogen-bond acceptors (Lipinski definition) is 4. The third-order valence-corrected chi connectivity index (χ3v) is 7.09. The lowest BCUT2D eigenvalue weighted by Crippen LogP contribution is -2.30. The van der Waals surface area contributed by atoms with Crippen molar-refractivity contribution in [3.8, 4) is 0 Å². The lowest BCUT2D eigenvalue weighted by atomic mass is 10.0. The summed E-state index contributed by atoms with van der Waals surface area (Å²) in [6.45, 7) is 2.38. The molecule has 0 saturated carbocycles. The number of para-hydroxylation sites is 1. The third-order valence-electron chi connectivity index (χ3n) is 7.09. The Balaban J connectivity index is 1.39. The van der Waals surface area contributed by atoms with Crippen LogP contribution < -0.4 is 10.8 Å². The van der Waals surface area contributed by atoms with Crippen molar-refractivity contribution in [3.63, 3.8) is 0 Å². The van der Waals surface area contributed by atoms with E-state index >= 15 is 0 Å². The average molecular weight is 498 g/mol. The molecule has 4 aromatic rings. The van der Waals surface area contributed by atoms with Gasteiger partial charge in [0.15, 0.2) is 0 Å². The minimum atomic E-state index is -0.552. The average Bonchev–Trinajstić information content (AvgIpc) is 3.67. The first kappa shape index (κ1) is 24.5. The first-order valence-corrected chi connectivity index (χ1v) is 12.5. The molecular formula is C29H31N5O3.